The SMILES string of the molecule is CNc1cnccc1C(=O)N1CCC(CO)CC1. The molecule has 0 saturated carbocycles. The maximum Gasteiger partial charge on any atom is 0.256 e. The van der Waals surface area contributed by atoms with Gasteiger partial charge in [0.15, 0.2) is 0 Å². The van der Waals surface area contributed by atoms with Crippen molar-refractivity contribution in [3.05, 3.63) is 24.0 Å². The molecule has 0 aromatic carbocycles. The van der Waals surface area contributed by atoms with Gasteiger partial charge in [-0.15, -0.1) is 0 Å². The van der Waals surface area contributed by atoms with E-state index in [1.54, 1.807) is 25.5 Å². The van der Waals surface area contributed by atoms with Gasteiger partial charge in [-0.3, -0.25) is 9.78 Å². The molecule has 2 rings (SSSR count). The lowest BCUT2D eigenvalue weighted by atomic mass is 9.97. The third-order valence-corrected chi connectivity index (χ3v) is 3.48. The van der Waals surface area contributed by atoms with E-state index >= 15 is 0 Å². The fraction of sp³-hybridized carbons (Fsp3) is 0.538. The number of aromatic nitrogens is 1. The third kappa shape index (κ3) is 2.61. The number of amides is 1. The van der Waals surface area contributed by atoms with Crippen LogP contribution in [0.25, 0.3) is 0 Å². The lowest BCUT2D eigenvalue weighted by molar-refractivity contribution is 0.0651. The van der Waals surface area contributed by atoms with E-state index in [0.717, 1.165) is 31.6 Å². The van der Waals surface area contributed by atoms with Crippen LogP contribution in [0, 0.1) is 5.92 Å². The molecule has 0 unspecified atom stereocenters. The van der Waals surface area contributed by atoms with Gasteiger partial charge in [0.05, 0.1) is 17.4 Å². The van der Waals surface area contributed by atoms with E-state index in [2.05, 4.69) is 10.3 Å². The van der Waals surface area contributed by atoms with Crippen LogP contribution in [0.2, 0.25) is 0 Å². The van der Waals surface area contributed by atoms with Gasteiger partial charge in [0.25, 0.3) is 5.91 Å². The van der Waals surface area contributed by atoms with Crippen LogP contribution in [0.1, 0.15) is 23.2 Å². The zero-order valence-corrected chi connectivity index (χ0v) is 10.6. The summed E-state index contributed by atoms with van der Waals surface area (Å²) >= 11 is 0. The minimum atomic E-state index is 0.0399. The molecule has 1 aromatic rings. The summed E-state index contributed by atoms with van der Waals surface area (Å²) in [5, 5.41) is 12.1. The van der Waals surface area contributed by atoms with Crippen LogP contribution in [0.5, 0.6) is 0 Å². The van der Waals surface area contributed by atoms with Gasteiger partial charge in [-0.2, -0.15) is 0 Å². The first kappa shape index (κ1) is 12.8. The average Bonchev–Trinajstić information content (AvgIpc) is 2.46. The van der Waals surface area contributed by atoms with Crippen molar-refractivity contribution in [1.29, 1.82) is 0 Å². The van der Waals surface area contributed by atoms with Gasteiger partial charge in [0.2, 0.25) is 0 Å². The maximum atomic E-state index is 12.4. The van der Waals surface area contributed by atoms with Crippen molar-refractivity contribution in [1.82, 2.24) is 9.88 Å². The van der Waals surface area contributed by atoms with Crippen molar-refractivity contribution in [2.75, 3.05) is 32.1 Å². The van der Waals surface area contributed by atoms with Crippen LogP contribution in [0.15, 0.2) is 18.5 Å². The van der Waals surface area contributed by atoms with Gasteiger partial charge in [-0.25, -0.2) is 0 Å². The molecule has 98 valence electrons. The molecule has 1 aliphatic rings. The highest BCUT2D eigenvalue weighted by Crippen LogP contribution is 2.21. The van der Waals surface area contributed by atoms with Crippen molar-refractivity contribution >= 4 is 11.6 Å². The Morgan fingerprint density at radius 2 is 2.28 bits per heavy atom. The Hall–Kier alpha value is -1.62. The van der Waals surface area contributed by atoms with Crippen molar-refractivity contribution in [3.63, 3.8) is 0 Å². The smallest absolute Gasteiger partial charge is 0.256 e. The molecule has 0 spiro atoms. The summed E-state index contributed by atoms with van der Waals surface area (Å²) in [7, 11) is 1.78. The number of hydrogen-bond acceptors (Lipinski definition) is 4. The highest BCUT2D eigenvalue weighted by molar-refractivity contribution is 5.99. The molecule has 0 atom stereocenters. The highest BCUT2D eigenvalue weighted by Gasteiger charge is 2.24. The molecule has 1 amide bonds. The Labute approximate surface area is 107 Å². The fourth-order valence-electron chi connectivity index (χ4n) is 2.27. The van der Waals surface area contributed by atoms with Gasteiger partial charge >= 0.3 is 0 Å². The lowest BCUT2D eigenvalue weighted by Crippen LogP contribution is -2.39. The number of carbonyl (C=O) groups is 1. The maximum absolute atomic E-state index is 12.4. The van der Waals surface area contributed by atoms with E-state index in [1.165, 1.54) is 0 Å². The van der Waals surface area contributed by atoms with Crippen LogP contribution >= 0.6 is 0 Å². The molecule has 5 heteroatoms. The third-order valence-electron chi connectivity index (χ3n) is 3.48. The van der Waals surface area contributed by atoms with Crippen molar-refractivity contribution in [2.45, 2.75) is 12.8 Å². The molecule has 2 heterocycles. The molecule has 5 nitrogen and oxygen atoms in total. The first-order chi connectivity index (χ1) is 8.76. The largest absolute Gasteiger partial charge is 0.396 e. The number of nitrogens with one attached hydrogen (secondary N) is 1. The normalized spacial score (nSPS) is 16.7. The summed E-state index contributed by atoms with van der Waals surface area (Å²) in [6, 6.07) is 1.74. The molecule has 0 radical (unpaired) electrons. The Bertz CT molecular complexity index is 414. The molecular formula is C13H19N3O2. The Morgan fingerprint density at radius 3 is 2.89 bits per heavy atom. The number of nitrogens with zero attached hydrogens (tertiary/aromatic N) is 2. The van der Waals surface area contributed by atoms with Gasteiger partial charge in [0, 0.05) is 32.9 Å². The van der Waals surface area contributed by atoms with E-state index in [0.29, 0.717) is 11.5 Å². The molecular weight excluding hydrogens is 230 g/mol. The highest BCUT2D eigenvalue weighted by atomic mass is 16.3. The van der Waals surface area contributed by atoms with E-state index in [9.17, 15) is 4.79 Å². The molecule has 1 fully saturated rings. The zero-order valence-electron chi connectivity index (χ0n) is 10.6. The predicted octanol–water partition coefficient (Wildman–Crippen LogP) is 0.968. The van der Waals surface area contributed by atoms with Gasteiger partial charge in [-0.05, 0) is 24.8 Å². The molecule has 18 heavy (non-hydrogen) atoms. The number of piperidine rings is 1. The van der Waals surface area contributed by atoms with E-state index in [4.69, 9.17) is 5.11 Å². The minimum absolute atomic E-state index is 0.0399. The molecule has 1 aromatic heterocycles. The number of aliphatic hydroxyl groups excluding tert-OH is 1. The zero-order chi connectivity index (χ0) is 13.0. The summed E-state index contributed by atoms with van der Waals surface area (Å²) in [6.45, 7) is 1.66. The number of carbonyl (C=O) groups excluding carboxylic acids is 1. The topological polar surface area (TPSA) is 65.5 Å². The monoisotopic (exact) mass is 249 g/mol. The number of hydrogen-bond donors (Lipinski definition) is 2. The number of pyridine rings is 1. The van der Waals surface area contributed by atoms with E-state index < -0.39 is 0 Å². The quantitative estimate of drug-likeness (QED) is 0.837. The molecule has 0 bridgehead atoms. The van der Waals surface area contributed by atoms with E-state index in [1.807, 2.05) is 4.90 Å². The molecule has 0 aliphatic carbocycles. The number of aliphatic hydroxyl groups is 1. The Kier molecular flexibility index (Phi) is 4.15. The minimum Gasteiger partial charge on any atom is -0.396 e. The summed E-state index contributed by atoms with van der Waals surface area (Å²) in [5.41, 5.74) is 1.42. The first-order valence-electron chi connectivity index (χ1n) is 6.28. The fourth-order valence-corrected chi connectivity index (χ4v) is 2.27. The van der Waals surface area contributed by atoms with Gasteiger partial charge < -0.3 is 15.3 Å². The summed E-state index contributed by atoms with van der Waals surface area (Å²) < 4.78 is 0. The summed E-state index contributed by atoms with van der Waals surface area (Å²) in [5.74, 6) is 0.383. The van der Waals surface area contributed by atoms with Crippen molar-refractivity contribution in [3.8, 4) is 0 Å². The van der Waals surface area contributed by atoms with Crippen LogP contribution in [-0.4, -0.2) is 47.6 Å². The van der Waals surface area contributed by atoms with Gasteiger partial charge in [-0.1, -0.05) is 0 Å². The van der Waals surface area contributed by atoms with Gasteiger partial charge in [0.1, 0.15) is 0 Å². The summed E-state index contributed by atoms with van der Waals surface area (Å²) in [4.78, 5) is 18.2. The standard InChI is InChI=1S/C13H19N3O2/c1-14-12-8-15-5-2-11(12)13(18)16-6-3-10(9-17)4-7-16/h2,5,8,10,14,17H,3-4,6-7,9H2,1H3. The number of anilines is 1. The second-order valence-corrected chi connectivity index (χ2v) is 4.59. The van der Waals surface area contributed by atoms with Crippen LogP contribution in [-0.2, 0) is 0 Å². The predicted molar refractivity (Wildman–Crippen MR) is 69.5 cm³/mol. The van der Waals surface area contributed by atoms with Crippen molar-refractivity contribution < 1.29 is 9.90 Å². The van der Waals surface area contributed by atoms with Crippen LogP contribution < -0.4 is 5.32 Å². The lowest BCUT2D eigenvalue weighted by Gasteiger charge is -2.31. The second kappa shape index (κ2) is 5.82. The Balaban J connectivity index is 2.08. The molecule has 1 aliphatic heterocycles. The average molecular weight is 249 g/mol. The van der Waals surface area contributed by atoms with Crippen LogP contribution in [0.3, 0.4) is 0 Å². The number of rotatable bonds is 3. The second-order valence-electron chi connectivity index (χ2n) is 4.59. The Morgan fingerprint density at radius 1 is 1.56 bits per heavy atom. The van der Waals surface area contributed by atoms with Crippen molar-refractivity contribution in [2.24, 2.45) is 5.92 Å². The summed E-state index contributed by atoms with van der Waals surface area (Å²) in [6.07, 6.45) is 5.05. The van der Waals surface area contributed by atoms with Crippen LogP contribution in [0.4, 0.5) is 5.69 Å². The number of likely N-dealkylation sites (tertiary alicyclic amines) is 1. The molecule has 1 saturated heterocycles. The van der Waals surface area contributed by atoms with E-state index in [-0.39, 0.29) is 12.5 Å². The first-order valence-corrected chi connectivity index (χ1v) is 6.28. The molecule has 2 N–H and O–H groups in total.